The van der Waals surface area contributed by atoms with Crippen molar-refractivity contribution in [2.45, 2.75) is 18.2 Å². The number of carbonyl (C=O) groups is 1. The van der Waals surface area contributed by atoms with E-state index in [1.165, 1.54) is 20.0 Å². The van der Waals surface area contributed by atoms with Crippen molar-refractivity contribution in [2.24, 2.45) is 0 Å². The van der Waals surface area contributed by atoms with E-state index in [2.05, 4.69) is 15.9 Å². The number of benzene rings is 1. The van der Waals surface area contributed by atoms with Crippen LogP contribution < -0.4 is 0 Å². The summed E-state index contributed by atoms with van der Waals surface area (Å²) in [5, 5.41) is 0. The van der Waals surface area contributed by atoms with Crippen LogP contribution in [0.2, 0.25) is 0 Å². The molecule has 4 nitrogen and oxygen atoms in total. The van der Waals surface area contributed by atoms with Crippen molar-refractivity contribution in [3.05, 3.63) is 27.7 Å². The van der Waals surface area contributed by atoms with E-state index in [4.69, 9.17) is 10.7 Å². The minimum Gasteiger partial charge on any atom is -0.336 e. The van der Waals surface area contributed by atoms with Crippen LogP contribution in [-0.2, 0) is 9.05 Å². The van der Waals surface area contributed by atoms with Crippen LogP contribution in [0.4, 0.5) is 8.78 Å². The Balaban J connectivity index is 3.28. The van der Waals surface area contributed by atoms with E-state index in [0.717, 1.165) is 11.0 Å². The molecule has 0 fully saturated rings. The highest BCUT2D eigenvalue weighted by Gasteiger charge is 2.22. The van der Waals surface area contributed by atoms with Crippen LogP contribution >= 0.6 is 26.6 Å². The van der Waals surface area contributed by atoms with Gasteiger partial charge in [-0.2, -0.15) is 0 Å². The van der Waals surface area contributed by atoms with Crippen molar-refractivity contribution in [1.82, 2.24) is 4.90 Å². The smallest absolute Gasteiger partial charge is 0.261 e. The first-order valence-electron chi connectivity index (χ1n) is 5.32. The maximum absolute atomic E-state index is 12.3. The Bertz CT molecular complexity index is 637. The normalized spacial score (nSPS) is 11.8. The van der Waals surface area contributed by atoms with E-state index in [1.54, 1.807) is 0 Å². The van der Waals surface area contributed by atoms with E-state index >= 15 is 0 Å². The summed E-state index contributed by atoms with van der Waals surface area (Å²) in [6.45, 7) is 0.768. The quantitative estimate of drug-likeness (QED) is 0.743. The van der Waals surface area contributed by atoms with Gasteiger partial charge in [0.2, 0.25) is 0 Å². The van der Waals surface area contributed by atoms with Gasteiger partial charge in [-0.15, -0.1) is 0 Å². The molecule has 0 aliphatic heterocycles. The first kappa shape index (κ1) is 17.3. The van der Waals surface area contributed by atoms with Gasteiger partial charge in [-0.3, -0.25) is 4.79 Å². The Morgan fingerprint density at radius 3 is 2.45 bits per heavy atom. The molecule has 0 spiro atoms. The molecule has 1 aromatic carbocycles. The van der Waals surface area contributed by atoms with E-state index in [9.17, 15) is 22.0 Å². The van der Waals surface area contributed by atoms with Gasteiger partial charge in [0.05, 0.1) is 11.4 Å². The average molecular weight is 391 g/mol. The lowest BCUT2D eigenvalue weighted by atomic mass is 10.1. The van der Waals surface area contributed by atoms with Crippen LogP contribution in [0.1, 0.15) is 15.9 Å². The summed E-state index contributed by atoms with van der Waals surface area (Å²) in [6.07, 6.45) is -2.67. The van der Waals surface area contributed by atoms with E-state index in [-0.39, 0.29) is 10.5 Å². The van der Waals surface area contributed by atoms with Gasteiger partial charge in [0.15, 0.2) is 0 Å². The molecule has 0 radical (unpaired) electrons. The summed E-state index contributed by atoms with van der Waals surface area (Å²) in [5.74, 6) is -0.715. The highest BCUT2D eigenvalue weighted by molar-refractivity contribution is 9.10. The van der Waals surface area contributed by atoms with E-state index in [1.807, 2.05) is 0 Å². The Labute approximate surface area is 128 Å². The fraction of sp³-hybridized carbons (Fsp3) is 0.364. The molecule has 0 aliphatic rings. The molecule has 0 aliphatic carbocycles. The van der Waals surface area contributed by atoms with Crippen LogP contribution in [-0.4, -0.2) is 39.2 Å². The molecule has 0 heterocycles. The predicted molar refractivity (Wildman–Crippen MR) is 74.9 cm³/mol. The highest BCUT2D eigenvalue weighted by atomic mass is 79.9. The number of alkyl halides is 2. The van der Waals surface area contributed by atoms with Crippen molar-refractivity contribution in [3.63, 3.8) is 0 Å². The van der Waals surface area contributed by atoms with Crippen molar-refractivity contribution < 1.29 is 22.0 Å². The highest BCUT2D eigenvalue weighted by Crippen LogP contribution is 2.28. The molecule has 0 atom stereocenters. The largest absolute Gasteiger partial charge is 0.336 e. The van der Waals surface area contributed by atoms with Crippen molar-refractivity contribution >= 4 is 41.6 Å². The molecule has 112 valence electrons. The first-order valence-corrected chi connectivity index (χ1v) is 8.42. The molecular weight excluding hydrogens is 380 g/mol. The van der Waals surface area contributed by atoms with Gasteiger partial charge in [-0.05, 0) is 24.6 Å². The summed E-state index contributed by atoms with van der Waals surface area (Å²) >= 11 is 3.12. The fourth-order valence-electron chi connectivity index (χ4n) is 1.54. The summed E-state index contributed by atoms with van der Waals surface area (Å²) in [6, 6.07) is 2.44. The minimum atomic E-state index is -4.04. The molecular formula is C11H11BrClF2NO3S. The first-order chi connectivity index (χ1) is 9.04. The van der Waals surface area contributed by atoms with Gasteiger partial charge >= 0.3 is 0 Å². The zero-order valence-electron chi connectivity index (χ0n) is 10.5. The lowest BCUT2D eigenvalue weighted by molar-refractivity contribution is 0.0620. The predicted octanol–water partition coefficient (Wildman–Crippen LogP) is 3.02. The maximum Gasteiger partial charge on any atom is 0.261 e. The maximum atomic E-state index is 12.3. The number of halogens is 4. The average Bonchev–Trinajstić information content (AvgIpc) is 2.29. The summed E-state index contributed by atoms with van der Waals surface area (Å²) in [4.78, 5) is 12.5. The summed E-state index contributed by atoms with van der Waals surface area (Å²) in [5.41, 5.74) is 0.304. The SMILES string of the molecule is Cc1c(Br)cc(C(=O)N(C)CC(F)F)cc1S(=O)(=O)Cl. The number of nitrogens with zero attached hydrogens (tertiary/aromatic N) is 1. The van der Waals surface area contributed by atoms with Gasteiger partial charge in [-0.25, -0.2) is 17.2 Å². The molecule has 1 rings (SSSR count). The van der Waals surface area contributed by atoms with Crippen molar-refractivity contribution in [1.29, 1.82) is 0 Å². The zero-order valence-corrected chi connectivity index (χ0v) is 13.7. The Hall–Kier alpha value is -0.730. The van der Waals surface area contributed by atoms with E-state index in [0.29, 0.717) is 10.0 Å². The Kier molecular flexibility index (Phi) is 5.51. The fourth-order valence-corrected chi connectivity index (χ4v) is 3.36. The molecule has 0 saturated carbocycles. The standard InChI is InChI=1S/C11H11BrClF2NO3S/c1-6-8(12)3-7(4-9(6)20(13,18)19)11(17)16(2)5-10(14)15/h3-4,10H,5H2,1-2H3. The van der Waals surface area contributed by atoms with Crippen LogP contribution in [0.3, 0.4) is 0 Å². The van der Waals surface area contributed by atoms with Crippen molar-refractivity contribution in [3.8, 4) is 0 Å². The summed E-state index contributed by atoms with van der Waals surface area (Å²) in [7, 11) is 2.45. The second kappa shape index (κ2) is 6.36. The van der Waals surface area contributed by atoms with E-state index < -0.39 is 27.9 Å². The lowest BCUT2D eigenvalue weighted by Crippen LogP contribution is -2.31. The molecule has 1 aromatic rings. The monoisotopic (exact) mass is 389 g/mol. The molecule has 1 amide bonds. The molecule has 0 bridgehead atoms. The molecule has 9 heteroatoms. The minimum absolute atomic E-state index is 0.0372. The van der Waals surface area contributed by atoms with Crippen LogP contribution in [0.5, 0.6) is 0 Å². The van der Waals surface area contributed by atoms with Gasteiger partial charge in [0, 0.05) is 27.8 Å². The Morgan fingerprint density at radius 1 is 1.45 bits per heavy atom. The zero-order chi connectivity index (χ0) is 15.7. The molecule has 0 N–H and O–H groups in total. The van der Waals surface area contributed by atoms with Crippen LogP contribution in [0.15, 0.2) is 21.5 Å². The van der Waals surface area contributed by atoms with Crippen LogP contribution in [0.25, 0.3) is 0 Å². The third-order valence-corrected chi connectivity index (χ3v) is 4.84. The van der Waals surface area contributed by atoms with Gasteiger partial charge in [0.1, 0.15) is 0 Å². The Morgan fingerprint density at radius 2 is 2.00 bits per heavy atom. The second-order valence-corrected chi connectivity index (χ2v) is 7.48. The third-order valence-electron chi connectivity index (χ3n) is 2.56. The summed E-state index contributed by atoms with van der Waals surface area (Å²) < 4.78 is 47.7. The second-order valence-electron chi connectivity index (χ2n) is 4.10. The number of hydrogen-bond donors (Lipinski definition) is 0. The molecule has 0 aromatic heterocycles. The van der Waals surface area contributed by atoms with Gasteiger partial charge in [0.25, 0.3) is 21.4 Å². The lowest BCUT2D eigenvalue weighted by Gasteiger charge is -2.17. The molecule has 0 saturated heterocycles. The number of carbonyl (C=O) groups excluding carboxylic acids is 1. The van der Waals surface area contributed by atoms with Crippen LogP contribution in [0, 0.1) is 6.92 Å². The topological polar surface area (TPSA) is 54.5 Å². The number of amides is 1. The van der Waals surface area contributed by atoms with Gasteiger partial charge < -0.3 is 4.90 Å². The molecule has 0 unspecified atom stereocenters. The molecule has 20 heavy (non-hydrogen) atoms. The third kappa shape index (κ3) is 4.13. The van der Waals surface area contributed by atoms with Crippen molar-refractivity contribution in [2.75, 3.05) is 13.6 Å². The number of hydrogen-bond acceptors (Lipinski definition) is 3. The van der Waals surface area contributed by atoms with Gasteiger partial charge in [-0.1, -0.05) is 15.9 Å². The number of rotatable bonds is 4.